The Kier molecular flexibility index (Phi) is 13.4. The summed E-state index contributed by atoms with van der Waals surface area (Å²) in [7, 11) is 2.07. The van der Waals surface area contributed by atoms with Crippen molar-refractivity contribution in [2.24, 2.45) is 7.05 Å². The molecular weight excluding hydrogens is 310 g/mol. The van der Waals surface area contributed by atoms with Crippen LogP contribution in [0.3, 0.4) is 0 Å². The summed E-state index contributed by atoms with van der Waals surface area (Å²) < 4.78 is 2.10. The normalized spacial score (nSPS) is 10.3. The van der Waals surface area contributed by atoms with Gasteiger partial charge in [-0.05, 0) is 18.4 Å². The van der Waals surface area contributed by atoms with Gasteiger partial charge in [0.1, 0.15) is 7.05 Å². The van der Waals surface area contributed by atoms with E-state index in [2.05, 4.69) is 43.1 Å². The monoisotopic (exact) mass is 341 g/mol. The quantitative estimate of drug-likeness (QED) is 0.428. The molecule has 116 valence electrons. The molecule has 1 nitrogen and oxygen atoms in total. The van der Waals surface area contributed by atoms with Crippen LogP contribution in [-0.2, 0) is 13.5 Å². The molecular formula is C18H32BrN. The summed E-state index contributed by atoms with van der Waals surface area (Å²) in [6.07, 6.45) is 19.7. The molecule has 0 fully saturated rings. The van der Waals surface area contributed by atoms with Crippen molar-refractivity contribution in [3.8, 4) is 0 Å². The fraction of sp³-hybridized carbons (Fsp3) is 0.722. The van der Waals surface area contributed by atoms with E-state index in [1.54, 1.807) is 0 Å². The Hall–Kier alpha value is -0.370. The van der Waals surface area contributed by atoms with Crippen molar-refractivity contribution < 1.29 is 21.5 Å². The van der Waals surface area contributed by atoms with Crippen LogP contribution in [0, 0.1) is 0 Å². The van der Waals surface area contributed by atoms with E-state index in [4.69, 9.17) is 0 Å². The molecule has 2 heteroatoms. The molecule has 0 bridgehead atoms. The first-order valence-corrected chi connectivity index (χ1v) is 8.27. The molecule has 1 rings (SSSR count). The van der Waals surface area contributed by atoms with Crippen LogP contribution in [0.4, 0.5) is 0 Å². The number of halogens is 1. The molecule has 0 N–H and O–H groups in total. The predicted octanol–water partition coefficient (Wildman–Crippen LogP) is 1.98. The fourth-order valence-corrected chi connectivity index (χ4v) is 2.52. The van der Waals surface area contributed by atoms with Crippen LogP contribution in [0.25, 0.3) is 0 Å². The summed E-state index contributed by atoms with van der Waals surface area (Å²) in [4.78, 5) is 0. The van der Waals surface area contributed by atoms with E-state index in [9.17, 15) is 0 Å². The fourth-order valence-electron chi connectivity index (χ4n) is 2.52. The average molecular weight is 342 g/mol. The zero-order chi connectivity index (χ0) is 13.8. The van der Waals surface area contributed by atoms with Gasteiger partial charge in [0, 0.05) is 12.1 Å². The van der Waals surface area contributed by atoms with Crippen molar-refractivity contribution in [3.63, 3.8) is 0 Å². The van der Waals surface area contributed by atoms with Gasteiger partial charge in [-0.1, -0.05) is 64.7 Å². The molecule has 0 aliphatic rings. The van der Waals surface area contributed by atoms with Gasteiger partial charge >= 0.3 is 0 Å². The van der Waals surface area contributed by atoms with Gasteiger partial charge in [0.25, 0.3) is 0 Å². The second-order valence-corrected chi connectivity index (χ2v) is 5.80. The molecule has 0 spiro atoms. The number of hydrogen-bond donors (Lipinski definition) is 0. The van der Waals surface area contributed by atoms with Crippen molar-refractivity contribution in [2.75, 3.05) is 0 Å². The molecule has 0 aromatic carbocycles. The summed E-state index contributed by atoms with van der Waals surface area (Å²) in [5.41, 5.74) is 1.48. The summed E-state index contributed by atoms with van der Waals surface area (Å²) in [6.45, 7) is 2.28. The lowest BCUT2D eigenvalue weighted by Crippen LogP contribution is -3.00. The van der Waals surface area contributed by atoms with Crippen LogP contribution in [-0.4, -0.2) is 0 Å². The third-order valence-corrected chi connectivity index (χ3v) is 3.87. The van der Waals surface area contributed by atoms with Gasteiger partial charge in [0.15, 0.2) is 12.4 Å². The van der Waals surface area contributed by atoms with Gasteiger partial charge in [0.2, 0.25) is 0 Å². The van der Waals surface area contributed by atoms with E-state index in [-0.39, 0.29) is 17.0 Å². The van der Waals surface area contributed by atoms with Crippen LogP contribution in [0.2, 0.25) is 0 Å². The van der Waals surface area contributed by atoms with Crippen molar-refractivity contribution in [3.05, 3.63) is 30.1 Å². The molecule has 1 aromatic rings. The summed E-state index contributed by atoms with van der Waals surface area (Å²) in [5.74, 6) is 0. The zero-order valence-electron chi connectivity index (χ0n) is 13.4. The van der Waals surface area contributed by atoms with Gasteiger partial charge in [0.05, 0.1) is 0 Å². The van der Waals surface area contributed by atoms with Crippen molar-refractivity contribution in [1.29, 1.82) is 0 Å². The number of aromatic nitrogens is 1. The Morgan fingerprint density at radius 1 is 0.750 bits per heavy atom. The highest BCUT2D eigenvalue weighted by Crippen LogP contribution is 2.11. The molecule has 0 aliphatic carbocycles. The Bertz CT molecular complexity index is 308. The van der Waals surface area contributed by atoms with E-state index < -0.39 is 0 Å². The first kappa shape index (κ1) is 19.6. The van der Waals surface area contributed by atoms with Crippen molar-refractivity contribution >= 4 is 0 Å². The van der Waals surface area contributed by atoms with Crippen molar-refractivity contribution in [2.45, 2.75) is 77.6 Å². The molecule has 0 amide bonds. The van der Waals surface area contributed by atoms with Crippen LogP contribution in [0.15, 0.2) is 24.5 Å². The molecule has 0 atom stereocenters. The maximum Gasteiger partial charge on any atom is 0.168 e. The third-order valence-electron chi connectivity index (χ3n) is 3.87. The number of unbranched alkanes of at least 4 members (excludes halogenated alkanes) is 9. The highest BCUT2D eigenvalue weighted by Gasteiger charge is 1.97. The Labute approximate surface area is 136 Å². The van der Waals surface area contributed by atoms with Gasteiger partial charge in [-0.25, -0.2) is 4.57 Å². The number of aryl methyl sites for hydroxylation is 2. The van der Waals surface area contributed by atoms with Gasteiger partial charge in [-0.15, -0.1) is 0 Å². The molecule has 1 aromatic heterocycles. The SMILES string of the molecule is CCCCCCCCCCCCc1cc[n+](C)cc1.[Br-]. The number of rotatable bonds is 11. The van der Waals surface area contributed by atoms with E-state index in [0.29, 0.717) is 0 Å². The minimum absolute atomic E-state index is 0. The van der Waals surface area contributed by atoms with Crippen LogP contribution in [0.5, 0.6) is 0 Å². The maximum absolute atomic E-state index is 2.28. The lowest BCUT2D eigenvalue weighted by atomic mass is 10.0. The topological polar surface area (TPSA) is 3.88 Å². The second-order valence-electron chi connectivity index (χ2n) is 5.80. The highest BCUT2D eigenvalue weighted by atomic mass is 79.9. The van der Waals surface area contributed by atoms with Gasteiger partial charge < -0.3 is 17.0 Å². The van der Waals surface area contributed by atoms with E-state index in [1.165, 1.54) is 76.2 Å². The van der Waals surface area contributed by atoms with Crippen LogP contribution < -0.4 is 21.5 Å². The summed E-state index contributed by atoms with van der Waals surface area (Å²) >= 11 is 0. The first-order chi connectivity index (χ1) is 9.33. The summed E-state index contributed by atoms with van der Waals surface area (Å²) in [5, 5.41) is 0. The van der Waals surface area contributed by atoms with E-state index >= 15 is 0 Å². The van der Waals surface area contributed by atoms with Crippen LogP contribution >= 0.6 is 0 Å². The second kappa shape index (κ2) is 13.6. The molecule has 0 radical (unpaired) electrons. The van der Waals surface area contributed by atoms with E-state index in [1.807, 2.05) is 0 Å². The standard InChI is InChI=1S/C18H32N.BrH/c1-3-4-5-6-7-8-9-10-11-12-13-18-14-16-19(2)17-15-18;/h14-17H,3-13H2,1-2H3;1H/q+1;/p-1. The Morgan fingerprint density at radius 3 is 1.70 bits per heavy atom. The van der Waals surface area contributed by atoms with E-state index in [0.717, 1.165) is 0 Å². The van der Waals surface area contributed by atoms with Crippen LogP contribution in [0.1, 0.15) is 76.7 Å². The largest absolute Gasteiger partial charge is 1.00 e. The molecule has 0 saturated carbocycles. The summed E-state index contributed by atoms with van der Waals surface area (Å²) in [6, 6.07) is 4.49. The average Bonchev–Trinajstić information content (AvgIpc) is 2.43. The molecule has 0 saturated heterocycles. The minimum atomic E-state index is 0. The molecule has 20 heavy (non-hydrogen) atoms. The van der Waals surface area contributed by atoms with Crippen molar-refractivity contribution in [1.82, 2.24) is 0 Å². The minimum Gasteiger partial charge on any atom is -1.00 e. The zero-order valence-corrected chi connectivity index (χ0v) is 15.0. The first-order valence-electron chi connectivity index (χ1n) is 8.27. The third kappa shape index (κ3) is 10.4. The predicted molar refractivity (Wildman–Crippen MR) is 83.2 cm³/mol. The van der Waals surface area contributed by atoms with Gasteiger partial charge in [-0.3, -0.25) is 0 Å². The lowest BCUT2D eigenvalue weighted by molar-refractivity contribution is -0.671. The number of pyridine rings is 1. The smallest absolute Gasteiger partial charge is 0.168 e. The molecule has 0 aliphatic heterocycles. The Balaban J connectivity index is 0.00000361. The Morgan fingerprint density at radius 2 is 1.20 bits per heavy atom. The molecule has 1 heterocycles. The number of nitrogens with zero attached hydrogens (tertiary/aromatic N) is 1. The maximum atomic E-state index is 2.28. The molecule has 0 unspecified atom stereocenters. The van der Waals surface area contributed by atoms with Gasteiger partial charge in [-0.2, -0.15) is 0 Å². The number of hydrogen-bond acceptors (Lipinski definition) is 0. The highest BCUT2D eigenvalue weighted by molar-refractivity contribution is 5.06. The lowest BCUT2D eigenvalue weighted by Gasteiger charge is -2.02.